The Hall–Kier alpha value is -2.80. The van der Waals surface area contributed by atoms with Crippen LogP contribution in [0.4, 0.5) is 8.78 Å². The fourth-order valence-electron chi connectivity index (χ4n) is 2.92. The Morgan fingerprint density at radius 1 is 1.16 bits per heavy atom. The zero-order valence-electron chi connectivity index (χ0n) is 13.0. The van der Waals surface area contributed by atoms with Crippen molar-refractivity contribution >= 4 is 17.3 Å². The van der Waals surface area contributed by atoms with Crippen LogP contribution in [-0.4, -0.2) is 20.5 Å². The molecule has 0 atom stereocenters. The number of aliphatic imine (C=N–C) groups is 1. The first kappa shape index (κ1) is 15.7. The van der Waals surface area contributed by atoms with E-state index in [1.165, 1.54) is 10.6 Å². The number of aromatic amines is 1. The van der Waals surface area contributed by atoms with E-state index in [1.807, 2.05) is 0 Å². The maximum atomic E-state index is 14.4. The normalized spacial score (nSPS) is 13.0. The molecule has 0 aliphatic carbocycles. The number of nitrogens with one attached hydrogen (secondary N) is 1. The molecule has 126 valence electrons. The zero-order chi connectivity index (χ0) is 17.7. The Bertz CT molecular complexity index is 1080. The van der Waals surface area contributed by atoms with Crippen LogP contribution in [0.25, 0.3) is 5.69 Å². The summed E-state index contributed by atoms with van der Waals surface area (Å²) in [5.74, 6) is -1.18. The molecule has 3 aromatic rings. The molecule has 4 rings (SSSR count). The fourth-order valence-corrected chi connectivity index (χ4v) is 3.17. The third kappa shape index (κ3) is 2.31. The minimum Gasteiger partial charge on any atom is -0.276 e. The van der Waals surface area contributed by atoms with Crippen molar-refractivity contribution in [2.75, 3.05) is 0 Å². The first-order chi connectivity index (χ1) is 12.0. The number of rotatable bonds is 1. The lowest BCUT2D eigenvalue weighted by molar-refractivity contribution is 0.579. The summed E-state index contributed by atoms with van der Waals surface area (Å²) in [6.45, 7) is 1.74. The Balaban J connectivity index is 2.12. The average Bonchev–Trinajstić information content (AvgIpc) is 2.85. The lowest BCUT2D eigenvalue weighted by Crippen LogP contribution is -2.19. The first-order valence-corrected chi connectivity index (χ1v) is 7.82. The molecule has 8 heteroatoms. The lowest BCUT2D eigenvalue weighted by Gasteiger charge is -2.15. The fraction of sp³-hybridized carbons (Fsp3) is 0.118. The van der Waals surface area contributed by atoms with Crippen LogP contribution in [0.3, 0.4) is 0 Å². The molecule has 0 spiro atoms. The van der Waals surface area contributed by atoms with E-state index in [1.54, 1.807) is 19.1 Å². The number of aryl methyl sites for hydroxylation is 1. The van der Waals surface area contributed by atoms with E-state index in [0.717, 1.165) is 12.1 Å². The van der Waals surface area contributed by atoms with E-state index in [4.69, 9.17) is 11.6 Å². The molecule has 1 aliphatic rings. The molecule has 0 fully saturated rings. The van der Waals surface area contributed by atoms with Crippen LogP contribution in [0.5, 0.6) is 0 Å². The van der Waals surface area contributed by atoms with E-state index in [0.29, 0.717) is 22.6 Å². The van der Waals surface area contributed by atoms with Crippen LogP contribution < -0.4 is 5.69 Å². The van der Waals surface area contributed by atoms with Crippen molar-refractivity contribution in [3.8, 4) is 5.69 Å². The molecule has 0 amide bonds. The molecule has 1 aromatic heterocycles. The van der Waals surface area contributed by atoms with Crippen molar-refractivity contribution < 1.29 is 8.78 Å². The Morgan fingerprint density at radius 3 is 2.60 bits per heavy atom. The summed E-state index contributed by atoms with van der Waals surface area (Å²) in [5, 5.41) is 6.56. The van der Waals surface area contributed by atoms with Gasteiger partial charge < -0.3 is 0 Å². The summed E-state index contributed by atoms with van der Waals surface area (Å²) >= 11 is 6.45. The maximum absolute atomic E-state index is 14.4. The number of aromatic nitrogens is 3. The van der Waals surface area contributed by atoms with Gasteiger partial charge in [0, 0.05) is 5.56 Å². The first-order valence-electron chi connectivity index (χ1n) is 7.44. The second-order valence-corrected chi connectivity index (χ2v) is 6.01. The van der Waals surface area contributed by atoms with Crippen molar-refractivity contribution in [1.82, 2.24) is 14.8 Å². The minimum atomic E-state index is -0.754. The van der Waals surface area contributed by atoms with Gasteiger partial charge in [0.15, 0.2) is 5.82 Å². The van der Waals surface area contributed by atoms with E-state index < -0.39 is 17.3 Å². The van der Waals surface area contributed by atoms with Gasteiger partial charge >= 0.3 is 5.69 Å². The topological polar surface area (TPSA) is 63.0 Å². The van der Waals surface area contributed by atoms with Gasteiger partial charge in [-0.15, -0.1) is 0 Å². The molecule has 2 heterocycles. The Labute approximate surface area is 145 Å². The zero-order valence-corrected chi connectivity index (χ0v) is 13.7. The van der Waals surface area contributed by atoms with Crippen LogP contribution in [0, 0.1) is 18.6 Å². The van der Waals surface area contributed by atoms with Gasteiger partial charge in [0.25, 0.3) is 0 Å². The maximum Gasteiger partial charge on any atom is 0.348 e. The van der Waals surface area contributed by atoms with Crippen molar-refractivity contribution in [1.29, 1.82) is 0 Å². The predicted octanol–water partition coefficient (Wildman–Crippen LogP) is 3.15. The Morgan fingerprint density at radius 2 is 1.88 bits per heavy atom. The molecular weight excluding hydrogens is 350 g/mol. The molecule has 0 saturated heterocycles. The van der Waals surface area contributed by atoms with Crippen LogP contribution in [0.1, 0.15) is 22.5 Å². The van der Waals surface area contributed by atoms with Gasteiger partial charge in [-0.3, -0.25) is 4.99 Å². The molecule has 5 nitrogen and oxygen atoms in total. The summed E-state index contributed by atoms with van der Waals surface area (Å²) in [6.07, 6.45) is 0. The van der Waals surface area contributed by atoms with E-state index >= 15 is 0 Å². The number of benzene rings is 2. The van der Waals surface area contributed by atoms with Gasteiger partial charge in [-0.1, -0.05) is 23.7 Å². The summed E-state index contributed by atoms with van der Waals surface area (Å²) in [5.41, 5.74) is 0.685. The van der Waals surface area contributed by atoms with E-state index in [2.05, 4.69) is 15.2 Å². The molecule has 0 bridgehead atoms. The van der Waals surface area contributed by atoms with Gasteiger partial charge in [-0.25, -0.2) is 23.2 Å². The van der Waals surface area contributed by atoms with Gasteiger partial charge in [-0.05, 0) is 30.7 Å². The van der Waals surface area contributed by atoms with Crippen molar-refractivity contribution in [3.05, 3.63) is 80.0 Å². The highest BCUT2D eigenvalue weighted by molar-refractivity contribution is 6.37. The van der Waals surface area contributed by atoms with Gasteiger partial charge in [0.1, 0.15) is 18.2 Å². The van der Waals surface area contributed by atoms with E-state index in [9.17, 15) is 13.6 Å². The van der Waals surface area contributed by atoms with Gasteiger partial charge in [0.2, 0.25) is 0 Å². The minimum absolute atomic E-state index is 0.0219. The summed E-state index contributed by atoms with van der Waals surface area (Å²) in [6, 6.07) is 6.97. The molecule has 0 unspecified atom stereocenters. The third-order valence-corrected chi connectivity index (χ3v) is 4.60. The van der Waals surface area contributed by atoms with Crippen LogP contribution in [0.2, 0.25) is 5.02 Å². The number of H-pyrrole nitrogens is 1. The molecule has 1 aliphatic heterocycles. The second kappa shape index (κ2) is 5.63. The average molecular weight is 361 g/mol. The van der Waals surface area contributed by atoms with Gasteiger partial charge in [0.05, 0.1) is 22.0 Å². The van der Waals surface area contributed by atoms with Crippen molar-refractivity contribution in [3.63, 3.8) is 0 Å². The predicted molar refractivity (Wildman–Crippen MR) is 89.6 cm³/mol. The summed E-state index contributed by atoms with van der Waals surface area (Å²) < 4.78 is 30.1. The molecule has 25 heavy (non-hydrogen) atoms. The molecule has 0 saturated carbocycles. The molecular formula is C17H11ClF2N4O. The number of nitrogens with zero attached hydrogens (tertiary/aromatic N) is 3. The van der Waals surface area contributed by atoms with Crippen molar-refractivity contribution in [2.45, 2.75) is 13.5 Å². The smallest absolute Gasteiger partial charge is 0.276 e. The number of fused-ring (bicyclic) bond motifs is 3. The van der Waals surface area contributed by atoms with Gasteiger partial charge in [-0.2, -0.15) is 5.10 Å². The summed E-state index contributed by atoms with van der Waals surface area (Å²) in [4.78, 5) is 16.5. The van der Waals surface area contributed by atoms with Crippen LogP contribution >= 0.6 is 11.6 Å². The molecule has 1 N–H and O–H groups in total. The second-order valence-electron chi connectivity index (χ2n) is 5.63. The van der Waals surface area contributed by atoms with Crippen LogP contribution in [0.15, 0.2) is 40.1 Å². The SMILES string of the molecule is Cc1ccc2c(c1Cl)C(c1c(F)cccc1F)=NCc1n[nH]c(=O)n1-2. The molecule has 0 radical (unpaired) electrons. The monoisotopic (exact) mass is 360 g/mol. The van der Waals surface area contributed by atoms with Crippen molar-refractivity contribution in [2.24, 2.45) is 4.99 Å². The highest BCUT2D eigenvalue weighted by atomic mass is 35.5. The van der Waals surface area contributed by atoms with Crippen LogP contribution in [-0.2, 0) is 6.54 Å². The highest BCUT2D eigenvalue weighted by Gasteiger charge is 2.27. The summed E-state index contributed by atoms with van der Waals surface area (Å²) in [7, 11) is 0. The number of halogens is 3. The largest absolute Gasteiger partial charge is 0.348 e. The number of hydrogen-bond acceptors (Lipinski definition) is 3. The lowest BCUT2D eigenvalue weighted by atomic mass is 9.97. The molecule has 2 aromatic carbocycles. The van der Waals surface area contributed by atoms with E-state index in [-0.39, 0.29) is 22.8 Å². The third-order valence-electron chi connectivity index (χ3n) is 4.11. The number of hydrogen-bond donors (Lipinski definition) is 1. The Kier molecular flexibility index (Phi) is 3.54. The standard InChI is InChI=1S/C17H11ClF2N4O/c1-8-5-6-11-14(15(8)18)16(13-9(19)3-2-4-10(13)20)21-7-12-22-23-17(25)24(11)12/h2-6H,7H2,1H3,(H,23,25). The quantitative estimate of drug-likeness (QED) is 0.724. The highest BCUT2D eigenvalue weighted by Crippen LogP contribution is 2.32.